The number of aliphatic hydroxyl groups is 1. The third-order valence-electron chi connectivity index (χ3n) is 2.43. The van der Waals surface area contributed by atoms with E-state index in [1.165, 1.54) is 4.80 Å². The highest BCUT2D eigenvalue weighted by Crippen LogP contribution is 2.11. The first-order valence-electron chi connectivity index (χ1n) is 5.84. The Balaban J connectivity index is 1.97. The van der Waals surface area contributed by atoms with Crippen LogP contribution >= 0.6 is 0 Å². The van der Waals surface area contributed by atoms with Crippen molar-refractivity contribution in [1.82, 2.24) is 20.3 Å². The zero-order valence-electron chi connectivity index (χ0n) is 10.4. The van der Waals surface area contributed by atoms with Gasteiger partial charge in [0.1, 0.15) is 0 Å². The molecule has 2 amide bonds. The molecule has 0 radical (unpaired) electrons. The lowest BCUT2D eigenvalue weighted by Crippen LogP contribution is -2.38. The van der Waals surface area contributed by atoms with Crippen LogP contribution in [0.5, 0.6) is 0 Å². The number of carbonyl (C=O) groups is 1. The van der Waals surface area contributed by atoms with E-state index in [2.05, 4.69) is 20.8 Å². The molecule has 1 aromatic carbocycles. The van der Waals surface area contributed by atoms with E-state index in [0.29, 0.717) is 5.69 Å². The van der Waals surface area contributed by atoms with Crippen LogP contribution in [0.4, 0.5) is 10.5 Å². The standard InChI is InChI=1S/C12H15N5O2/c1-9(8-18)15-12(19)16-10-2-4-11(5-3-10)17-13-6-7-14-17/h2-7,9,18H,8H2,1H3,(H2,15,16,19)/t9-/m1/s1. The topological polar surface area (TPSA) is 92.1 Å². The molecule has 0 unspecified atom stereocenters. The average molecular weight is 261 g/mol. The van der Waals surface area contributed by atoms with Gasteiger partial charge in [0.2, 0.25) is 0 Å². The monoisotopic (exact) mass is 261 g/mol. The number of rotatable bonds is 4. The highest BCUT2D eigenvalue weighted by Gasteiger charge is 2.06. The Hall–Kier alpha value is -2.41. The predicted octanol–water partition coefficient (Wildman–Crippen LogP) is 0.770. The summed E-state index contributed by atoms with van der Waals surface area (Å²) in [6.45, 7) is 1.61. The summed E-state index contributed by atoms with van der Waals surface area (Å²) in [5.41, 5.74) is 1.46. The average Bonchev–Trinajstić information content (AvgIpc) is 2.93. The van der Waals surface area contributed by atoms with Crippen molar-refractivity contribution in [3.8, 4) is 5.69 Å². The summed E-state index contributed by atoms with van der Waals surface area (Å²) in [6, 6.07) is 6.46. The van der Waals surface area contributed by atoms with E-state index in [1.807, 2.05) is 0 Å². The third kappa shape index (κ3) is 3.52. The molecule has 0 fully saturated rings. The van der Waals surface area contributed by atoms with Crippen molar-refractivity contribution in [3.05, 3.63) is 36.7 Å². The van der Waals surface area contributed by atoms with Gasteiger partial charge in [-0.15, -0.1) is 0 Å². The molecule has 100 valence electrons. The minimum absolute atomic E-state index is 0.0999. The molecular formula is C12H15N5O2. The molecule has 0 aliphatic carbocycles. The van der Waals surface area contributed by atoms with E-state index in [9.17, 15) is 4.79 Å². The highest BCUT2D eigenvalue weighted by atomic mass is 16.3. The van der Waals surface area contributed by atoms with Gasteiger partial charge in [0.15, 0.2) is 0 Å². The quantitative estimate of drug-likeness (QED) is 0.758. The minimum Gasteiger partial charge on any atom is -0.394 e. The molecule has 7 nitrogen and oxygen atoms in total. The fraction of sp³-hybridized carbons (Fsp3) is 0.250. The second kappa shape index (κ2) is 5.96. The van der Waals surface area contributed by atoms with E-state index in [4.69, 9.17) is 5.11 Å². The van der Waals surface area contributed by atoms with Crippen LogP contribution in [0.15, 0.2) is 36.7 Å². The molecule has 0 aliphatic rings. The molecular weight excluding hydrogens is 246 g/mol. The van der Waals surface area contributed by atoms with Gasteiger partial charge in [-0.3, -0.25) is 0 Å². The molecule has 0 spiro atoms. The molecule has 7 heteroatoms. The Kier molecular flexibility index (Phi) is 4.09. The summed E-state index contributed by atoms with van der Waals surface area (Å²) < 4.78 is 0. The number of urea groups is 1. The van der Waals surface area contributed by atoms with Gasteiger partial charge >= 0.3 is 6.03 Å². The van der Waals surface area contributed by atoms with Crippen LogP contribution in [0, 0.1) is 0 Å². The van der Waals surface area contributed by atoms with Crippen LogP contribution in [-0.4, -0.2) is 38.8 Å². The van der Waals surface area contributed by atoms with Gasteiger partial charge in [0.05, 0.1) is 30.7 Å². The largest absolute Gasteiger partial charge is 0.394 e. The number of nitrogens with one attached hydrogen (secondary N) is 2. The lowest BCUT2D eigenvalue weighted by molar-refractivity contribution is 0.229. The summed E-state index contributed by atoms with van der Waals surface area (Å²) in [5.74, 6) is 0. The Morgan fingerprint density at radius 1 is 1.32 bits per heavy atom. The second-order valence-corrected chi connectivity index (χ2v) is 4.05. The Labute approximate surface area is 110 Å². The Morgan fingerprint density at radius 2 is 1.95 bits per heavy atom. The second-order valence-electron chi connectivity index (χ2n) is 4.05. The summed E-state index contributed by atoms with van der Waals surface area (Å²) in [7, 11) is 0. The predicted molar refractivity (Wildman–Crippen MR) is 70.1 cm³/mol. The van der Waals surface area contributed by atoms with E-state index in [-0.39, 0.29) is 18.7 Å². The van der Waals surface area contributed by atoms with Crippen molar-refractivity contribution in [2.45, 2.75) is 13.0 Å². The smallest absolute Gasteiger partial charge is 0.319 e. The summed E-state index contributed by atoms with van der Waals surface area (Å²) in [4.78, 5) is 13.0. The Bertz CT molecular complexity index is 524. The van der Waals surface area contributed by atoms with Gasteiger partial charge in [0, 0.05) is 5.69 Å². The molecule has 0 saturated heterocycles. The fourth-order valence-corrected chi connectivity index (χ4v) is 1.46. The number of nitrogens with zero attached hydrogens (tertiary/aromatic N) is 3. The SMILES string of the molecule is C[C@H](CO)NC(=O)Nc1ccc(-n2nccn2)cc1. The van der Waals surface area contributed by atoms with Crippen LogP contribution in [0.1, 0.15) is 6.92 Å². The summed E-state index contributed by atoms with van der Waals surface area (Å²) in [6.07, 6.45) is 3.19. The van der Waals surface area contributed by atoms with E-state index >= 15 is 0 Å². The molecule has 19 heavy (non-hydrogen) atoms. The molecule has 2 aromatic rings. The zero-order valence-corrected chi connectivity index (χ0v) is 10.4. The van der Waals surface area contributed by atoms with Crippen LogP contribution in [0.25, 0.3) is 5.69 Å². The molecule has 1 heterocycles. The summed E-state index contributed by atoms with van der Waals surface area (Å²) in [5, 5.41) is 22.1. The zero-order chi connectivity index (χ0) is 13.7. The number of aromatic nitrogens is 3. The first-order chi connectivity index (χ1) is 9.19. The van der Waals surface area contributed by atoms with Crippen LogP contribution in [0.2, 0.25) is 0 Å². The van der Waals surface area contributed by atoms with Gasteiger partial charge in [-0.1, -0.05) is 0 Å². The first kappa shape index (κ1) is 13.0. The van der Waals surface area contributed by atoms with Crippen molar-refractivity contribution < 1.29 is 9.90 Å². The molecule has 1 aromatic heterocycles. The number of aliphatic hydroxyl groups excluding tert-OH is 1. The normalized spacial score (nSPS) is 11.9. The molecule has 0 bridgehead atoms. The highest BCUT2D eigenvalue weighted by molar-refractivity contribution is 5.89. The molecule has 0 aliphatic heterocycles. The summed E-state index contributed by atoms with van der Waals surface area (Å²) >= 11 is 0. The number of benzene rings is 1. The Morgan fingerprint density at radius 3 is 2.53 bits per heavy atom. The fourth-order valence-electron chi connectivity index (χ4n) is 1.46. The molecule has 0 saturated carbocycles. The van der Waals surface area contributed by atoms with E-state index < -0.39 is 0 Å². The van der Waals surface area contributed by atoms with Crippen LogP contribution < -0.4 is 10.6 Å². The maximum atomic E-state index is 11.5. The van der Waals surface area contributed by atoms with Crippen molar-refractivity contribution in [3.63, 3.8) is 0 Å². The van der Waals surface area contributed by atoms with Gasteiger partial charge in [-0.05, 0) is 31.2 Å². The molecule has 1 atom stereocenters. The van der Waals surface area contributed by atoms with Gasteiger partial charge < -0.3 is 15.7 Å². The maximum Gasteiger partial charge on any atom is 0.319 e. The first-order valence-corrected chi connectivity index (χ1v) is 5.84. The van der Waals surface area contributed by atoms with Crippen LogP contribution in [-0.2, 0) is 0 Å². The lowest BCUT2D eigenvalue weighted by Gasteiger charge is -2.12. The minimum atomic E-state index is -0.355. The van der Waals surface area contributed by atoms with Gasteiger partial charge in [-0.25, -0.2) is 4.79 Å². The lowest BCUT2D eigenvalue weighted by atomic mass is 10.3. The van der Waals surface area contributed by atoms with Gasteiger partial charge in [-0.2, -0.15) is 15.0 Å². The van der Waals surface area contributed by atoms with E-state index in [1.54, 1.807) is 43.6 Å². The van der Waals surface area contributed by atoms with E-state index in [0.717, 1.165) is 5.69 Å². The number of carbonyl (C=O) groups excluding carboxylic acids is 1. The van der Waals surface area contributed by atoms with Crippen molar-refractivity contribution in [2.24, 2.45) is 0 Å². The van der Waals surface area contributed by atoms with Crippen molar-refractivity contribution in [2.75, 3.05) is 11.9 Å². The third-order valence-corrected chi connectivity index (χ3v) is 2.43. The maximum absolute atomic E-state index is 11.5. The number of hydrogen-bond acceptors (Lipinski definition) is 4. The van der Waals surface area contributed by atoms with Crippen molar-refractivity contribution in [1.29, 1.82) is 0 Å². The number of amides is 2. The molecule has 2 rings (SSSR count). The van der Waals surface area contributed by atoms with Crippen molar-refractivity contribution >= 4 is 11.7 Å². The van der Waals surface area contributed by atoms with Crippen LogP contribution in [0.3, 0.4) is 0 Å². The number of anilines is 1. The number of hydrogen-bond donors (Lipinski definition) is 3. The van der Waals surface area contributed by atoms with Gasteiger partial charge in [0.25, 0.3) is 0 Å². The molecule has 3 N–H and O–H groups in total.